The second-order valence-electron chi connectivity index (χ2n) is 7.61. The molecule has 3 aliphatic heterocycles. The molecule has 0 aliphatic carbocycles. The smallest absolute Gasteiger partial charge is 0.248 e. The van der Waals surface area contributed by atoms with E-state index in [0.717, 1.165) is 5.56 Å². The first-order chi connectivity index (χ1) is 13.3. The number of amides is 1. The number of hydrogen-bond acceptors (Lipinski definition) is 6. The van der Waals surface area contributed by atoms with Crippen molar-refractivity contribution in [1.82, 2.24) is 14.4 Å². The van der Waals surface area contributed by atoms with Crippen molar-refractivity contribution >= 4 is 15.9 Å². The van der Waals surface area contributed by atoms with E-state index in [9.17, 15) is 13.2 Å². The Morgan fingerprint density at radius 2 is 1.96 bits per heavy atom. The lowest BCUT2D eigenvalue weighted by atomic mass is 10.1. The molecule has 1 aromatic heterocycles. The van der Waals surface area contributed by atoms with Crippen molar-refractivity contribution in [2.24, 2.45) is 0 Å². The van der Waals surface area contributed by atoms with Gasteiger partial charge in [0.05, 0.1) is 12.6 Å². The Labute approximate surface area is 163 Å². The fourth-order valence-corrected chi connectivity index (χ4v) is 6.83. The predicted molar refractivity (Wildman–Crippen MR) is 97.6 cm³/mol. The van der Waals surface area contributed by atoms with Crippen LogP contribution in [0.2, 0.25) is 0 Å². The molecule has 0 radical (unpaired) electrons. The van der Waals surface area contributed by atoms with Gasteiger partial charge in [0.2, 0.25) is 15.9 Å². The van der Waals surface area contributed by atoms with E-state index in [1.165, 1.54) is 4.31 Å². The maximum Gasteiger partial charge on any atom is 0.248 e. The average Bonchev–Trinajstić information content (AvgIpc) is 3.37. The molecule has 3 aliphatic rings. The lowest BCUT2D eigenvalue weighted by molar-refractivity contribution is -0.138. The molecule has 0 unspecified atom stereocenters. The van der Waals surface area contributed by atoms with Crippen LogP contribution in [0.25, 0.3) is 0 Å². The Bertz CT molecular complexity index is 1030. The highest BCUT2D eigenvalue weighted by atomic mass is 32.2. The molecule has 3 atom stereocenters. The minimum Gasteiger partial charge on any atom is -0.360 e. The second kappa shape index (κ2) is 5.88. The van der Waals surface area contributed by atoms with Crippen LogP contribution in [-0.4, -0.2) is 53.5 Å². The summed E-state index contributed by atoms with van der Waals surface area (Å²) in [4.78, 5) is 14.6. The molecule has 3 fully saturated rings. The van der Waals surface area contributed by atoms with Crippen LogP contribution in [0.4, 0.5) is 0 Å². The van der Waals surface area contributed by atoms with Crippen LogP contribution < -0.4 is 0 Å². The van der Waals surface area contributed by atoms with Gasteiger partial charge in [-0.3, -0.25) is 4.79 Å². The highest BCUT2D eigenvalue weighted by Crippen LogP contribution is 2.52. The summed E-state index contributed by atoms with van der Waals surface area (Å²) in [5.74, 6) is 0.191. The van der Waals surface area contributed by atoms with Crippen LogP contribution in [0.15, 0.2) is 39.8 Å². The van der Waals surface area contributed by atoms with Crippen LogP contribution in [0.5, 0.6) is 0 Å². The van der Waals surface area contributed by atoms with Crippen LogP contribution in [0, 0.1) is 13.8 Å². The van der Waals surface area contributed by atoms with E-state index >= 15 is 0 Å². The van der Waals surface area contributed by atoms with E-state index in [2.05, 4.69) is 5.16 Å². The van der Waals surface area contributed by atoms with E-state index in [-0.39, 0.29) is 29.1 Å². The van der Waals surface area contributed by atoms with Crippen molar-refractivity contribution in [3.05, 3.63) is 47.3 Å². The molecule has 1 amide bonds. The van der Waals surface area contributed by atoms with Crippen LogP contribution >= 0.6 is 0 Å². The standard InChI is InChI=1S/C19H21N3O5S/c1-12-18(13(2)27-20-12)28(24,25)22-9-8-19-16(22)10-17(23)21(19)11-15(26-19)14-6-4-3-5-7-14/h3-7,15-16H,8-11H2,1-2H3/t15-,16+,19-/m0/s1. The summed E-state index contributed by atoms with van der Waals surface area (Å²) in [5, 5.41) is 3.78. The zero-order chi connectivity index (χ0) is 19.7. The maximum absolute atomic E-state index is 13.4. The Morgan fingerprint density at radius 1 is 1.21 bits per heavy atom. The lowest BCUT2D eigenvalue weighted by Gasteiger charge is -2.31. The highest BCUT2D eigenvalue weighted by molar-refractivity contribution is 7.89. The molecular weight excluding hydrogens is 382 g/mol. The summed E-state index contributed by atoms with van der Waals surface area (Å²) < 4.78 is 39.6. The van der Waals surface area contributed by atoms with E-state index in [1.807, 2.05) is 30.3 Å². The minimum atomic E-state index is -3.84. The van der Waals surface area contributed by atoms with Gasteiger partial charge in [-0.2, -0.15) is 4.31 Å². The summed E-state index contributed by atoms with van der Waals surface area (Å²) in [7, 11) is -3.84. The first-order valence-corrected chi connectivity index (χ1v) is 10.8. The van der Waals surface area contributed by atoms with Crippen molar-refractivity contribution in [3.63, 3.8) is 0 Å². The third kappa shape index (κ3) is 2.26. The normalized spacial score (nSPS) is 30.1. The quantitative estimate of drug-likeness (QED) is 0.775. The van der Waals surface area contributed by atoms with Gasteiger partial charge in [-0.05, 0) is 19.4 Å². The first-order valence-electron chi connectivity index (χ1n) is 9.32. The molecule has 3 saturated heterocycles. The van der Waals surface area contributed by atoms with Crippen LogP contribution in [0.3, 0.4) is 0 Å². The number of rotatable bonds is 3. The van der Waals surface area contributed by atoms with Gasteiger partial charge in [0.15, 0.2) is 11.5 Å². The van der Waals surface area contributed by atoms with Crippen molar-refractivity contribution in [1.29, 1.82) is 0 Å². The molecule has 0 N–H and O–H groups in total. The van der Waals surface area contributed by atoms with Gasteiger partial charge in [-0.15, -0.1) is 0 Å². The Kier molecular flexibility index (Phi) is 3.75. The number of hydrogen-bond donors (Lipinski definition) is 0. The third-order valence-corrected chi connectivity index (χ3v) is 8.24. The lowest BCUT2D eigenvalue weighted by Crippen LogP contribution is -2.48. The molecule has 0 bridgehead atoms. The summed E-state index contributed by atoms with van der Waals surface area (Å²) in [6.45, 7) is 3.93. The Morgan fingerprint density at radius 3 is 2.64 bits per heavy atom. The maximum atomic E-state index is 13.4. The number of aromatic nitrogens is 1. The van der Waals surface area contributed by atoms with E-state index in [0.29, 0.717) is 25.2 Å². The number of sulfonamides is 1. The molecule has 9 heteroatoms. The van der Waals surface area contributed by atoms with Gasteiger partial charge in [0.25, 0.3) is 0 Å². The van der Waals surface area contributed by atoms with Gasteiger partial charge in [-0.1, -0.05) is 35.5 Å². The minimum absolute atomic E-state index is 0.0675. The van der Waals surface area contributed by atoms with E-state index < -0.39 is 21.8 Å². The number of carbonyl (C=O) groups is 1. The number of carbonyl (C=O) groups excluding carboxylic acids is 1. The molecule has 5 rings (SSSR count). The SMILES string of the molecule is Cc1noc(C)c1S(=O)(=O)N1CC[C@@]23O[C@H](c4ccccc4)CN2C(=O)C[C@@H]13. The predicted octanol–water partition coefficient (Wildman–Crippen LogP) is 1.75. The van der Waals surface area contributed by atoms with Gasteiger partial charge in [0.1, 0.15) is 16.7 Å². The van der Waals surface area contributed by atoms with Gasteiger partial charge < -0.3 is 14.2 Å². The topological polar surface area (TPSA) is 92.9 Å². The third-order valence-electron chi connectivity index (χ3n) is 6.09. The Balaban J connectivity index is 1.52. The fourth-order valence-electron chi connectivity index (χ4n) is 4.88. The van der Waals surface area contributed by atoms with Gasteiger partial charge in [-0.25, -0.2) is 8.42 Å². The van der Waals surface area contributed by atoms with Crippen LogP contribution in [0.1, 0.15) is 36.0 Å². The average molecular weight is 403 g/mol. The van der Waals surface area contributed by atoms with Crippen molar-refractivity contribution in [3.8, 4) is 0 Å². The van der Waals surface area contributed by atoms with Gasteiger partial charge >= 0.3 is 0 Å². The second-order valence-corrected chi connectivity index (χ2v) is 9.43. The summed E-state index contributed by atoms with van der Waals surface area (Å²) in [6, 6.07) is 9.18. The Hall–Kier alpha value is -2.23. The molecule has 148 valence electrons. The molecule has 1 aromatic carbocycles. The summed E-state index contributed by atoms with van der Waals surface area (Å²) in [5.41, 5.74) is 0.419. The molecule has 8 nitrogen and oxygen atoms in total. The number of benzene rings is 1. The first kappa shape index (κ1) is 17.8. The number of nitrogens with zero attached hydrogens (tertiary/aromatic N) is 3. The molecule has 28 heavy (non-hydrogen) atoms. The molecule has 1 spiro atoms. The van der Waals surface area contributed by atoms with Gasteiger partial charge in [0, 0.05) is 19.4 Å². The molecule has 0 saturated carbocycles. The summed E-state index contributed by atoms with van der Waals surface area (Å²) in [6.07, 6.45) is 0.328. The zero-order valence-corrected chi connectivity index (χ0v) is 16.5. The van der Waals surface area contributed by atoms with Crippen molar-refractivity contribution in [2.45, 2.75) is 49.5 Å². The zero-order valence-electron chi connectivity index (χ0n) is 15.7. The van der Waals surface area contributed by atoms with Crippen molar-refractivity contribution in [2.75, 3.05) is 13.1 Å². The number of ether oxygens (including phenoxy) is 1. The van der Waals surface area contributed by atoms with Crippen molar-refractivity contribution < 1.29 is 22.5 Å². The number of aryl methyl sites for hydroxylation is 2. The van der Waals surface area contributed by atoms with E-state index in [1.54, 1.807) is 18.7 Å². The highest BCUT2D eigenvalue weighted by Gasteiger charge is 2.66. The van der Waals surface area contributed by atoms with Crippen LogP contribution in [-0.2, 0) is 19.6 Å². The monoisotopic (exact) mass is 403 g/mol. The molecular formula is C19H21N3O5S. The molecule has 4 heterocycles. The summed E-state index contributed by atoms with van der Waals surface area (Å²) >= 11 is 0. The van der Waals surface area contributed by atoms with E-state index in [4.69, 9.17) is 9.26 Å². The molecule has 2 aromatic rings. The fraction of sp³-hybridized carbons (Fsp3) is 0.474. The largest absolute Gasteiger partial charge is 0.360 e.